The average Bonchev–Trinajstić information content (AvgIpc) is 2.89. The molecule has 0 bridgehead atoms. The Labute approximate surface area is 240 Å². The van der Waals surface area contributed by atoms with Gasteiger partial charge in [-0.05, 0) is 64.3 Å². The second-order valence-corrected chi connectivity index (χ2v) is 13.7. The summed E-state index contributed by atoms with van der Waals surface area (Å²) in [5.41, 5.74) is 5.25. The van der Waals surface area contributed by atoms with Crippen molar-refractivity contribution in [3.8, 4) is 5.88 Å². The fourth-order valence-corrected chi connectivity index (χ4v) is 5.98. The van der Waals surface area contributed by atoms with Crippen molar-refractivity contribution in [3.05, 3.63) is 59.0 Å². The molecule has 0 radical (unpaired) electrons. The quantitative estimate of drug-likeness (QED) is 0.453. The van der Waals surface area contributed by atoms with E-state index in [1.54, 1.807) is 23.2 Å². The first-order valence-electron chi connectivity index (χ1n) is 13.6. The number of sulfone groups is 1. The number of carbonyl (C=O) groups excluding carboxylic acids is 1. The van der Waals surface area contributed by atoms with E-state index in [9.17, 15) is 13.2 Å². The maximum atomic E-state index is 13.1. The van der Waals surface area contributed by atoms with Gasteiger partial charge in [0.1, 0.15) is 17.9 Å². The lowest BCUT2D eigenvalue weighted by molar-refractivity contribution is 0.0566. The third kappa shape index (κ3) is 6.37. The summed E-state index contributed by atoms with van der Waals surface area (Å²) in [5.74, 6) is 0.872. The highest BCUT2D eigenvalue weighted by Crippen LogP contribution is 2.42. The number of pyridine rings is 1. The number of amides is 1. The van der Waals surface area contributed by atoms with Crippen molar-refractivity contribution < 1.29 is 22.7 Å². The summed E-state index contributed by atoms with van der Waals surface area (Å²) in [5, 5.41) is 3.23. The number of carbonyl (C=O) groups is 1. The molecule has 218 valence electrons. The van der Waals surface area contributed by atoms with E-state index in [1.165, 1.54) is 6.26 Å². The number of benzene rings is 1. The van der Waals surface area contributed by atoms with E-state index in [1.807, 2.05) is 46.0 Å². The van der Waals surface area contributed by atoms with Gasteiger partial charge in [0, 0.05) is 30.2 Å². The monoisotopic (exact) mass is 580 g/mol. The highest BCUT2D eigenvalue weighted by Gasteiger charge is 2.34. The van der Waals surface area contributed by atoms with E-state index in [-0.39, 0.29) is 11.8 Å². The number of anilines is 4. The lowest BCUT2D eigenvalue weighted by Crippen LogP contribution is -2.42. The topological polar surface area (TPSA) is 127 Å². The van der Waals surface area contributed by atoms with Gasteiger partial charge in [-0.1, -0.05) is 12.1 Å². The van der Waals surface area contributed by atoms with E-state index in [0.717, 1.165) is 46.7 Å². The van der Waals surface area contributed by atoms with Gasteiger partial charge in [0.05, 0.1) is 35.9 Å². The lowest BCUT2D eigenvalue weighted by Gasteiger charge is -2.38. The minimum atomic E-state index is -3.10. The van der Waals surface area contributed by atoms with Crippen molar-refractivity contribution in [1.29, 1.82) is 0 Å². The van der Waals surface area contributed by atoms with Crippen LogP contribution in [0.1, 0.15) is 56.1 Å². The lowest BCUT2D eigenvalue weighted by atomic mass is 9.98. The fourth-order valence-electron chi connectivity index (χ4n) is 5.18. The molecular weight excluding hydrogens is 544 g/mol. The molecular formula is C29H36N6O5S. The van der Waals surface area contributed by atoms with Gasteiger partial charge in [0.25, 0.3) is 0 Å². The van der Waals surface area contributed by atoms with Crippen LogP contribution in [-0.2, 0) is 26.7 Å². The summed E-state index contributed by atoms with van der Waals surface area (Å²) >= 11 is 0. The minimum absolute atomic E-state index is 0.00536. The predicted octanol–water partition coefficient (Wildman–Crippen LogP) is 4.73. The molecule has 2 aliphatic heterocycles. The van der Waals surface area contributed by atoms with Gasteiger partial charge in [-0.2, -0.15) is 0 Å². The van der Waals surface area contributed by atoms with Crippen LogP contribution in [0.4, 0.5) is 27.8 Å². The van der Waals surface area contributed by atoms with Crippen LogP contribution in [0.5, 0.6) is 5.88 Å². The molecule has 2 aliphatic rings. The molecule has 1 N–H and O–H groups in total. The standard InChI is InChI=1S/C29H36N6O5S/c1-18-23(16-30-26-25(18)35(13-14-39-26)28(36)40-29(3,4)5)34-12-11-21-15-31-27(33-24(21)19(34)2)32-22-9-7-20(8-10-22)17-41(6,37)38/h7-10,15-16,19H,11-14,17H2,1-6H3,(H,31,32,33). The molecule has 0 spiro atoms. The second kappa shape index (κ2) is 10.8. The van der Waals surface area contributed by atoms with Gasteiger partial charge in [-0.25, -0.2) is 28.2 Å². The van der Waals surface area contributed by atoms with Crippen molar-refractivity contribution in [2.24, 2.45) is 0 Å². The Morgan fingerprint density at radius 1 is 1.15 bits per heavy atom. The van der Waals surface area contributed by atoms with Crippen LogP contribution in [0.3, 0.4) is 0 Å². The molecule has 1 amide bonds. The highest BCUT2D eigenvalue weighted by atomic mass is 32.2. The maximum absolute atomic E-state index is 13.1. The van der Waals surface area contributed by atoms with Crippen LogP contribution < -0.4 is 19.9 Å². The highest BCUT2D eigenvalue weighted by molar-refractivity contribution is 7.89. The van der Waals surface area contributed by atoms with Crippen molar-refractivity contribution in [3.63, 3.8) is 0 Å². The predicted molar refractivity (Wildman–Crippen MR) is 158 cm³/mol. The molecule has 0 aliphatic carbocycles. The molecule has 0 fully saturated rings. The molecule has 5 rings (SSSR count). The van der Waals surface area contributed by atoms with E-state index in [2.05, 4.69) is 27.1 Å². The third-order valence-corrected chi connectivity index (χ3v) is 7.87. The van der Waals surface area contributed by atoms with Gasteiger partial charge in [0.2, 0.25) is 11.8 Å². The van der Waals surface area contributed by atoms with Crippen molar-refractivity contribution in [1.82, 2.24) is 15.0 Å². The molecule has 0 saturated heterocycles. The zero-order chi connectivity index (χ0) is 29.5. The molecule has 2 aromatic heterocycles. The fraction of sp³-hybridized carbons (Fsp3) is 0.448. The number of aromatic nitrogens is 3. The van der Waals surface area contributed by atoms with E-state index < -0.39 is 21.5 Å². The summed E-state index contributed by atoms with van der Waals surface area (Å²) in [6, 6.07) is 7.11. The molecule has 1 atom stereocenters. The molecule has 1 unspecified atom stereocenters. The van der Waals surface area contributed by atoms with E-state index >= 15 is 0 Å². The summed E-state index contributed by atoms with van der Waals surface area (Å²) in [7, 11) is -3.10. The normalized spacial score (nSPS) is 16.9. The van der Waals surface area contributed by atoms with Crippen LogP contribution in [0.25, 0.3) is 0 Å². The molecule has 4 heterocycles. The Hall–Kier alpha value is -3.93. The Bertz CT molecular complexity index is 1570. The number of nitrogens with zero attached hydrogens (tertiary/aromatic N) is 5. The number of ether oxygens (including phenoxy) is 2. The van der Waals surface area contributed by atoms with Gasteiger partial charge < -0.3 is 19.7 Å². The van der Waals surface area contributed by atoms with Crippen molar-refractivity contribution in [2.45, 2.75) is 58.4 Å². The largest absolute Gasteiger partial charge is 0.474 e. The summed E-state index contributed by atoms with van der Waals surface area (Å²) < 4.78 is 34.7. The maximum Gasteiger partial charge on any atom is 0.415 e. The van der Waals surface area contributed by atoms with Gasteiger partial charge in [0.15, 0.2) is 9.84 Å². The SMILES string of the molecule is Cc1c(N2CCc3cnc(Nc4ccc(CS(C)(=O)=O)cc4)nc3C2C)cnc2c1N(C(=O)OC(C)(C)C)CCO2. The molecule has 3 aromatic rings. The molecule has 0 saturated carbocycles. The summed E-state index contributed by atoms with van der Waals surface area (Å²) in [4.78, 5) is 30.9. The van der Waals surface area contributed by atoms with Crippen LogP contribution in [-0.4, -0.2) is 61.0 Å². The summed E-state index contributed by atoms with van der Waals surface area (Å²) in [6.45, 7) is 11.1. The van der Waals surface area contributed by atoms with Crippen LogP contribution in [0.2, 0.25) is 0 Å². The first-order chi connectivity index (χ1) is 19.3. The first kappa shape index (κ1) is 28.6. The molecule has 1 aromatic carbocycles. The number of nitrogens with one attached hydrogen (secondary N) is 1. The molecule has 11 nitrogen and oxygen atoms in total. The smallest absolute Gasteiger partial charge is 0.415 e. The molecule has 12 heteroatoms. The third-order valence-electron chi connectivity index (χ3n) is 7.02. The van der Waals surface area contributed by atoms with Gasteiger partial charge in [-0.15, -0.1) is 0 Å². The Morgan fingerprint density at radius 3 is 2.56 bits per heavy atom. The zero-order valence-corrected chi connectivity index (χ0v) is 25.1. The van der Waals surface area contributed by atoms with Crippen LogP contribution in [0, 0.1) is 6.92 Å². The second-order valence-electron chi connectivity index (χ2n) is 11.5. The van der Waals surface area contributed by atoms with E-state index in [4.69, 9.17) is 14.5 Å². The average molecular weight is 581 g/mol. The van der Waals surface area contributed by atoms with Gasteiger partial charge >= 0.3 is 6.09 Å². The Kier molecular flexibility index (Phi) is 7.54. The van der Waals surface area contributed by atoms with Crippen LogP contribution in [0.15, 0.2) is 36.7 Å². The Morgan fingerprint density at radius 2 is 1.88 bits per heavy atom. The van der Waals surface area contributed by atoms with E-state index in [0.29, 0.717) is 30.7 Å². The van der Waals surface area contributed by atoms with Crippen molar-refractivity contribution in [2.75, 3.05) is 41.1 Å². The number of fused-ring (bicyclic) bond motifs is 2. The number of rotatable bonds is 5. The summed E-state index contributed by atoms with van der Waals surface area (Å²) in [6.07, 6.45) is 5.20. The van der Waals surface area contributed by atoms with Gasteiger partial charge in [-0.3, -0.25) is 4.90 Å². The van der Waals surface area contributed by atoms with Crippen LogP contribution >= 0.6 is 0 Å². The number of hydrogen-bond acceptors (Lipinski definition) is 10. The van der Waals surface area contributed by atoms with Crippen molar-refractivity contribution >= 4 is 38.9 Å². The molecule has 41 heavy (non-hydrogen) atoms. The first-order valence-corrected chi connectivity index (χ1v) is 15.6. The minimum Gasteiger partial charge on any atom is -0.474 e. The Balaban J connectivity index is 1.39. The zero-order valence-electron chi connectivity index (χ0n) is 24.3. The number of hydrogen-bond donors (Lipinski definition) is 1.